The third-order valence-corrected chi connectivity index (χ3v) is 5.58. The summed E-state index contributed by atoms with van der Waals surface area (Å²) in [4.78, 5) is 15.0. The van der Waals surface area contributed by atoms with Crippen LogP contribution in [0.2, 0.25) is 0 Å². The second-order valence-electron chi connectivity index (χ2n) is 6.98. The molecule has 2 N–H and O–H groups in total. The van der Waals surface area contributed by atoms with Crippen LogP contribution in [0.15, 0.2) is 30.3 Å². The zero-order valence-electron chi connectivity index (χ0n) is 16.2. The van der Waals surface area contributed by atoms with Gasteiger partial charge in [-0.05, 0) is 25.0 Å². The van der Waals surface area contributed by atoms with Gasteiger partial charge in [0.05, 0.1) is 50.2 Å². The van der Waals surface area contributed by atoms with Crippen LogP contribution in [0.1, 0.15) is 34.8 Å². The Hall–Kier alpha value is -3.09. The van der Waals surface area contributed by atoms with Crippen molar-refractivity contribution in [3.8, 4) is 23.0 Å². The normalized spacial score (nSPS) is 20.7. The number of fused-ring (bicyclic) bond motifs is 2. The summed E-state index contributed by atoms with van der Waals surface area (Å²) in [6, 6.07) is 8.22. The first kappa shape index (κ1) is 18.3. The van der Waals surface area contributed by atoms with Crippen molar-refractivity contribution in [3.63, 3.8) is 0 Å². The standard InChI is InChI=1S/C21H24N2O5/c1-26-12-10-16(27-2)18(17(11-12)28-3)20-14-7-5-9-23(14)21(25)13-6-4-8-15(24)19(13)22-20/h4,6,8,10-11,14,20,22,24H,5,7,9H2,1-3H3. The Kier molecular flexibility index (Phi) is 4.66. The third kappa shape index (κ3) is 2.78. The number of anilines is 1. The zero-order valence-corrected chi connectivity index (χ0v) is 16.2. The smallest absolute Gasteiger partial charge is 0.256 e. The Balaban J connectivity index is 1.92. The first-order valence-electron chi connectivity index (χ1n) is 9.28. The molecular weight excluding hydrogens is 360 g/mol. The van der Waals surface area contributed by atoms with Crippen molar-refractivity contribution in [3.05, 3.63) is 41.5 Å². The summed E-state index contributed by atoms with van der Waals surface area (Å²) in [6.45, 7) is 0.678. The molecule has 0 aromatic heterocycles. The van der Waals surface area contributed by atoms with Crippen LogP contribution >= 0.6 is 0 Å². The maximum atomic E-state index is 13.1. The molecule has 1 amide bonds. The number of phenols is 1. The number of amides is 1. The Morgan fingerprint density at radius 2 is 1.82 bits per heavy atom. The monoisotopic (exact) mass is 384 g/mol. The molecule has 2 aromatic carbocycles. The molecule has 4 rings (SSSR count). The van der Waals surface area contributed by atoms with Crippen molar-refractivity contribution in [2.75, 3.05) is 33.2 Å². The molecule has 2 heterocycles. The minimum Gasteiger partial charge on any atom is -0.506 e. The highest BCUT2D eigenvalue weighted by atomic mass is 16.5. The number of rotatable bonds is 4. The molecule has 0 saturated carbocycles. The van der Waals surface area contributed by atoms with E-state index in [2.05, 4.69) is 5.32 Å². The lowest BCUT2D eigenvalue weighted by Gasteiger charge is -2.31. The fourth-order valence-corrected chi connectivity index (χ4v) is 4.27. The summed E-state index contributed by atoms with van der Waals surface area (Å²) in [5.74, 6) is 1.80. The molecule has 2 aliphatic heterocycles. The number of carbonyl (C=O) groups is 1. The van der Waals surface area contributed by atoms with Gasteiger partial charge in [-0.25, -0.2) is 0 Å². The highest BCUT2D eigenvalue weighted by molar-refractivity contribution is 6.02. The van der Waals surface area contributed by atoms with E-state index in [1.807, 2.05) is 4.90 Å². The molecule has 0 radical (unpaired) electrons. The van der Waals surface area contributed by atoms with Crippen molar-refractivity contribution in [2.45, 2.75) is 24.9 Å². The minimum atomic E-state index is -0.309. The van der Waals surface area contributed by atoms with Gasteiger partial charge in [0, 0.05) is 18.7 Å². The molecule has 0 bridgehead atoms. The highest BCUT2D eigenvalue weighted by Gasteiger charge is 2.42. The van der Waals surface area contributed by atoms with Crippen LogP contribution in [0, 0.1) is 0 Å². The van der Waals surface area contributed by atoms with Crippen LogP contribution in [-0.2, 0) is 0 Å². The summed E-state index contributed by atoms with van der Waals surface area (Å²) >= 11 is 0. The van der Waals surface area contributed by atoms with Crippen LogP contribution in [0.4, 0.5) is 5.69 Å². The molecule has 0 spiro atoms. The number of nitrogens with one attached hydrogen (secondary N) is 1. The van der Waals surface area contributed by atoms with E-state index in [0.717, 1.165) is 18.4 Å². The van der Waals surface area contributed by atoms with E-state index in [1.54, 1.807) is 51.7 Å². The van der Waals surface area contributed by atoms with E-state index >= 15 is 0 Å². The van der Waals surface area contributed by atoms with Crippen molar-refractivity contribution >= 4 is 11.6 Å². The van der Waals surface area contributed by atoms with E-state index < -0.39 is 0 Å². The molecule has 148 valence electrons. The first-order valence-corrected chi connectivity index (χ1v) is 9.28. The van der Waals surface area contributed by atoms with Crippen molar-refractivity contribution in [1.82, 2.24) is 4.90 Å². The number of para-hydroxylation sites is 1. The Labute approximate surface area is 163 Å². The lowest BCUT2D eigenvalue weighted by Crippen LogP contribution is -2.39. The number of carbonyl (C=O) groups excluding carboxylic acids is 1. The van der Waals surface area contributed by atoms with Crippen LogP contribution in [0.25, 0.3) is 0 Å². The molecule has 1 saturated heterocycles. The number of methoxy groups -OCH3 is 3. The van der Waals surface area contributed by atoms with Crippen molar-refractivity contribution < 1.29 is 24.1 Å². The van der Waals surface area contributed by atoms with Gasteiger partial charge in [-0.15, -0.1) is 0 Å². The molecule has 2 aromatic rings. The molecule has 7 nitrogen and oxygen atoms in total. The van der Waals surface area contributed by atoms with E-state index in [0.29, 0.717) is 35.0 Å². The SMILES string of the molecule is COc1cc(OC)c(C2Nc3c(O)cccc3C(=O)N3CCCC23)c(OC)c1. The van der Waals surface area contributed by atoms with Gasteiger partial charge >= 0.3 is 0 Å². The van der Waals surface area contributed by atoms with Crippen LogP contribution < -0.4 is 19.5 Å². The van der Waals surface area contributed by atoms with E-state index in [-0.39, 0.29) is 23.7 Å². The quantitative estimate of drug-likeness (QED) is 0.788. The summed E-state index contributed by atoms with van der Waals surface area (Å²) in [6.07, 6.45) is 1.76. The molecule has 2 aliphatic rings. The number of ether oxygens (including phenoxy) is 3. The molecule has 0 aliphatic carbocycles. The van der Waals surface area contributed by atoms with Gasteiger partial charge in [-0.1, -0.05) is 6.07 Å². The van der Waals surface area contributed by atoms with Gasteiger partial charge < -0.3 is 29.5 Å². The lowest BCUT2D eigenvalue weighted by molar-refractivity contribution is 0.0730. The van der Waals surface area contributed by atoms with E-state index in [9.17, 15) is 9.90 Å². The summed E-state index contributed by atoms with van der Waals surface area (Å²) in [5, 5.41) is 13.9. The van der Waals surface area contributed by atoms with Crippen LogP contribution in [0.5, 0.6) is 23.0 Å². The largest absolute Gasteiger partial charge is 0.506 e. The number of aromatic hydroxyl groups is 1. The molecule has 2 unspecified atom stereocenters. The van der Waals surface area contributed by atoms with E-state index in [1.165, 1.54) is 0 Å². The number of hydrogen-bond acceptors (Lipinski definition) is 6. The fourth-order valence-electron chi connectivity index (χ4n) is 4.27. The second kappa shape index (κ2) is 7.14. The van der Waals surface area contributed by atoms with Gasteiger partial charge in [-0.3, -0.25) is 4.79 Å². The van der Waals surface area contributed by atoms with Gasteiger partial charge in [0.1, 0.15) is 23.0 Å². The lowest BCUT2D eigenvalue weighted by atomic mass is 9.95. The number of phenolic OH excluding ortho intramolecular Hbond substituents is 1. The Morgan fingerprint density at radius 1 is 1.11 bits per heavy atom. The Bertz CT molecular complexity index is 889. The zero-order chi connectivity index (χ0) is 19.8. The number of nitrogens with zero attached hydrogens (tertiary/aromatic N) is 1. The predicted molar refractivity (Wildman–Crippen MR) is 105 cm³/mol. The topological polar surface area (TPSA) is 80.3 Å². The maximum Gasteiger partial charge on any atom is 0.256 e. The number of benzene rings is 2. The molecule has 1 fully saturated rings. The average Bonchev–Trinajstić information content (AvgIpc) is 3.17. The van der Waals surface area contributed by atoms with Crippen molar-refractivity contribution in [1.29, 1.82) is 0 Å². The second-order valence-corrected chi connectivity index (χ2v) is 6.98. The Morgan fingerprint density at radius 3 is 2.46 bits per heavy atom. The van der Waals surface area contributed by atoms with E-state index in [4.69, 9.17) is 14.2 Å². The predicted octanol–water partition coefficient (Wildman–Crippen LogP) is 3.19. The van der Waals surface area contributed by atoms with Gasteiger partial charge in [0.15, 0.2) is 0 Å². The summed E-state index contributed by atoms with van der Waals surface area (Å²) in [5.41, 5.74) is 1.71. The van der Waals surface area contributed by atoms with Crippen LogP contribution in [-0.4, -0.2) is 49.8 Å². The third-order valence-electron chi connectivity index (χ3n) is 5.58. The average molecular weight is 384 g/mol. The summed E-state index contributed by atoms with van der Waals surface area (Å²) in [7, 11) is 4.78. The summed E-state index contributed by atoms with van der Waals surface area (Å²) < 4.78 is 16.7. The fraction of sp³-hybridized carbons (Fsp3) is 0.381. The maximum absolute atomic E-state index is 13.1. The molecule has 28 heavy (non-hydrogen) atoms. The highest BCUT2D eigenvalue weighted by Crippen LogP contribution is 2.47. The van der Waals surface area contributed by atoms with Crippen LogP contribution in [0.3, 0.4) is 0 Å². The molecule has 2 atom stereocenters. The van der Waals surface area contributed by atoms with Gasteiger partial charge in [0.2, 0.25) is 0 Å². The molecular formula is C21H24N2O5. The van der Waals surface area contributed by atoms with Gasteiger partial charge in [-0.2, -0.15) is 0 Å². The first-order chi connectivity index (χ1) is 13.6. The molecule has 7 heteroatoms. The minimum absolute atomic E-state index is 0.0449. The van der Waals surface area contributed by atoms with Gasteiger partial charge in [0.25, 0.3) is 5.91 Å². The number of hydrogen-bond donors (Lipinski definition) is 2. The van der Waals surface area contributed by atoms with Crippen molar-refractivity contribution in [2.24, 2.45) is 0 Å².